The van der Waals surface area contributed by atoms with Gasteiger partial charge in [-0.05, 0) is 39.2 Å². The smallest absolute Gasteiger partial charge is 0.227 e. The zero-order valence-corrected chi connectivity index (χ0v) is 13.5. The largest absolute Gasteiger partial charge is 0.322 e. The lowest BCUT2D eigenvalue weighted by Crippen LogP contribution is -2.20. The van der Waals surface area contributed by atoms with Crippen LogP contribution in [0.3, 0.4) is 0 Å². The Morgan fingerprint density at radius 1 is 1.23 bits per heavy atom. The molecule has 0 radical (unpaired) electrons. The van der Waals surface area contributed by atoms with Crippen molar-refractivity contribution in [1.82, 2.24) is 10.2 Å². The Labute approximate surface area is 131 Å². The molecule has 116 valence electrons. The Bertz CT molecular complexity index is 696. The van der Waals surface area contributed by atoms with Gasteiger partial charge in [0.2, 0.25) is 5.91 Å². The van der Waals surface area contributed by atoms with Crippen LogP contribution < -0.4 is 5.32 Å². The zero-order valence-electron chi connectivity index (χ0n) is 13.5. The lowest BCUT2D eigenvalue weighted by Gasteiger charge is -2.12. The molecule has 1 aromatic carbocycles. The molecule has 0 spiro atoms. The number of anilines is 1. The predicted octanol–water partition coefficient (Wildman–Crippen LogP) is 4.13. The first-order valence-electron chi connectivity index (χ1n) is 7.99. The normalized spacial score (nSPS) is 15.2. The summed E-state index contributed by atoms with van der Waals surface area (Å²) in [6, 6.07) is 6.29. The number of nitrogens with zero attached hydrogens (tertiary/aromatic N) is 1. The predicted molar refractivity (Wildman–Crippen MR) is 88.8 cm³/mol. The Hall–Kier alpha value is -2.10. The molecule has 2 aromatic rings. The fraction of sp³-hybridized carbons (Fsp3) is 0.444. The highest BCUT2D eigenvalue weighted by Crippen LogP contribution is 2.33. The van der Waals surface area contributed by atoms with Crippen molar-refractivity contribution in [2.75, 3.05) is 5.32 Å². The number of nitrogens with one attached hydrogen (secondary N) is 2. The van der Waals surface area contributed by atoms with Crippen molar-refractivity contribution in [2.45, 2.75) is 46.5 Å². The third-order valence-electron chi connectivity index (χ3n) is 4.56. The van der Waals surface area contributed by atoms with E-state index in [0.717, 1.165) is 48.3 Å². The number of aromatic nitrogens is 2. The number of aryl methyl sites for hydroxylation is 3. The van der Waals surface area contributed by atoms with Gasteiger partial charge in [0, 0.05) is 11.5 Å². The third-order valence-corrected chi connectivity index (χ3v) is 4.56. The summed E-state index contributed by atoms with van der Waals surface area (Å²) >= 11 is 0. The minimum absolute atomic E-state index is 0.132. The molecule has 0 aliphatic heterocycles. The second-order valence-electron chi connectivity index (χ2n) is 6.36. The van der Waals surface area contributed by atoms with Crippen LogP contribution in [0.4, 0.5) is 5.69 Å². The molecule has 3 rings (SSSR count). The van der Waals surface area contributed by atoms with Crippen LogP contribution >= 0.6 is 0 Å². The molecule has 1 saturated carbocycles. The molecule has 1 aliphatic carbocycles. The van der Waals surface area contributed by atoms with Crippen molar-refractivity contribution >= 4 is 11.6 Å². The van der Waals surface area contributed by atoms with Crippen molar-refractivity contribution in [3.05, 3.63) is 35.0 Å². The van der Waals surface area contributed by atoms with E-state index in [9.17, 15) is 4.79 Å². The number of rotatable bonds is 3. The molecule has 0 unspecified atom stereocenters. The highest BCUT2D eigenvalue weighted by molar-refractivity contribution is 5.97. The Morgan fingerprint density at radius 2 is 1.95 bits per heavy atom. The summed E-state index contributed by atoms with van der Waals surface area (Å²) in [7, 11) is 0. The molecule has 0 bridgehead atoms. The maximum atomic E-state index is 12.4. The molecule has 4 nitrogen and oxygen atoms in total. The summed E-state index contributed by atoms with van der Waals surface area (Å²) < 4.78 is 0. The molecule has 0 saturated heterocycles. The first-order valence-corrected chi connectivity index (χ1v) is 7.99. The molecule has 1 fully saturated rings. The van der Waals surface area contributed by atoms with E-state index in [1.54, 1.807) is 0 Å². The zero-order chi connectivity index (χ0) is 15.7. The van der Waals surface area contributed by atoms with Crippen molar-refractivity contribution in [1.29, 1.82) is 0 Å². The monoisotopic (exact) mass is 297 g/mol. The number of hydrogen-bond acceptors (Lipinski definition) is 2. The average Bonchev–Trinajstić information content (AvgIpc) is 3.11. The van der Waals surface area contributed by atoms with E-state index in [0.29, 0.717) is 0 Å². The highest BCUT2D eigenvalue weighted by Gasteiger charge is 2.25. The molecule has 0 atom stereocenters. The van der Waals surface area contributed by atoms with E-state index in [1.807, 2.05) is 6.92 Å². The number of benzene rings is 1. The van der Waals surface area contributed by atoms with Crippen LogP contribution in [-0.4, -0.2) is 16.1 Å². The Kier molecular flexibility index (Phi) is 4.01. The maximum Gasteiger partial charge on any atom is 0.227 e. The summed E-state index contributed by atoms with van der Waals surface area (Å²) in [6.07, 6.45) is 4.32. The Morgan fingerprint density at radius 3 is 2.64 bits per heavy atom. The molecule has 1 heterocycles. The van der Waals surface area contributed by atoms with E-state index >= 15 is 0 Å². The number of carbonyl (C=O) groups is 1. The van der Waals surface area contributed by atoms with Crippen LogP contribution in [0.2, 0.25) is 0 Å². The molecule has 1 aliphatic rings. The van der Waals surface area contributed by atoms with Gasteiger partial charge in [0.1, 0.15) is 5.69 Å². The summed E-state index contributed by atoms with van der Waals surface area (Å²) in [6.45, 7) is 6.11. The van der Waals surface area contributed by atoms with Gasteiger partial charge in [0.25, 0.3) is 0 Å². The fourth-order valence-corrected chi connectivity index (χ4v) is 3.27. The second-order valence-corrected chi connectivity index (χ2v) is 6.36. The van der Waals surface area contributed by atoms with Gasteiger partial charge in [-0.15, -0.1) is 0 Å². The van der Waals surface area contributed by atoms with Crippen molar-refractivity contribution in [2.24, 2.45) is 5.92 Å². The quantitative estimate of drug-likeness (QED) is 0.895. The van der Waals surface area contributed by atoms with Gasteiger partial charge in [-0.2, -0.15) is 5.10 Å². The van der Waals surface area contributed by atoms with Crippen molar-refractivity contribution in [3.8, 4) is 11.3 Å². The number of aromatic amines is 1. The number of amides is 1. The van der Waals surface area contributed by atoms with Crippen LogP contribution in [0.5, 0.6) is 0 Å². The van der Waals surface area contributed by atoms with E-state index in [1.165, 1.54) is 11.1 Å². The minimum atomic E-state index is 0.132. The van der Waals surface area contributed by atoms with E-state index in [-0.39, 0.29) is 11.8 Å². The van der Waals surface area contributed by atoms with Crippen LogP contribution in [0, 0.1) is 26.7 Å². The van der Waals surface area contributed by atoms with Crippen molar-refractivity contribution in [3.63, 3.8) is 0 Å². The summed E-state index contributed by atoms with van der Waals surface area (Å²) in [4.78, 5) is 12.4. The first kappa shape index (κ1) is 14.8. The average molecular weight is 297 g/mol. The van der Waals surface area contributed by atoms with Gasteiger partial charge in [0.15, 0.2) is 0 Å². The standard InChI is InChI=1S/C18H23N3O/c1-11-8-9-15(12(2)10-11)17-16(13(3)20-21-17)19-18(22)14-6-4-5-7-14/h8-10,14H,4-7H2,1-3H3,(H,19,22)(H,20,21). The maximum absolute atomic E-state index is 12.4. The first-order chi connectivity index (χ1) is 10.6. The SMILES string of the molecule is Cc1ccc(-c2n[nH]c(C)c2NC(=O)C2CCCC2)c(C)c1. The molecular formula is C18H23N3O. The third kappa shape index (κ3) is 2.78. The van der Waals surface area contributed by atoms with Gasteiger partial charge in [-0.3, -0.25) is 9.89 Å². The number of carbonyl (C=O) groups excluding carboxylic acids is 1. The lowest BCUT2D eigenvalue weighted by atomic mass is 10.0. The summed E-state index contributed by atoms with van der Waals surface area (Å²) in [5.74, 6) is 0.286. The van der Waals surface area contributed by atoms with E-state index in [2.05, 4.69) is 47.6 Å². The van der Waals surface area contributed by atoms with Gasteiger partial charge < -0.3 is 5.32 Å². The molecule has 22 heavy (non-hydrogen) atoms. The van der Waals surface area contributed by atoms with Crippen LogP contribution in [0.15, 0.2) is 18.2 Å². The summed E-state index contributed by atoms with van der Waals surface area (Å²) in [5, 5.41) is 10.5. The van der Waals surface area contributed by atoms with E-state index < -0.39 is 0 Å². The van der Waals surface area contributed by atoms with Crippen molar-refractivity contribution < 1.29 is 4.79 Å². The topological polar surface area (TPSA) is 57.8 Å². The minimum Gasteiger partial charge on any atom is -0.322 e. The van der Waals surface area contributed by atoms with Crippen LogP contribution in [-0.2, 0) is 4.79 Å². The lowest BCUT2D eigenvalue weighted by molar-refractivity contribution is -0.119. The second kappa shape index (κ2) is 5.95. The highest BCUT2D eigenvalue weighted by atomic mass is 16.1. The Balaban J connectivity index is 1.92. The van der Waals surface area contributed by atoms with Gasteiger partial charge in [-0.1, -0.05) is 36.6 Å². The van der Waals surface area contributed by atoms with Gasteiger partial charge in [0.05, 0.1) is 11.4 Å². The van der Waals surface area contributed by atoms with Crippen LogP contribution in [0.25, 0.3) is 11.3 Å². The number of H-pyrrole nitrogens is 1. The van der Waals surface area contributed by atoms with Crippen LogP contribution in [0.1, 0.15) is 42.5 Å². The molecule has 2 N–H and O–H groups in total. The number of hydrogen-bond donors (Lipinski definition) is 2. The van der Waals surface area contributed by atoms with Gasteiger partial charge >= 0.3 is 0 Å². The fourth-order valence-electron chi connectivity index (χ4n) is 3.27. The molecular weight excluding hydrogens is 274 g/mol. The summed E-state index contributed by atoms with van der Waals surface area (Å²) in [5.41, 5.74) is 6.02. The van der Waals surface area contributed by atoms with Gasteiger partial charge in [-0.25, -0.2) is 0 Å². The molecule has 4 heteroatoms. The molecule has 1 amide bonds. The molecule has 1 aromatic heterocycles. The van der Waals surface area contributed by atoms with E-state index in [4.69, 9.17) is 0 Å².